The van der Waals surface area contributed by atoms with Gasteiger partial charge in [0.05, 0.1) is 29.2 Å². The zero-order valence-electron chi connectivity index (χ0n) is 21.7. The van der Waals surface area contributed by atoms with E-state index >= 15 is 0 Å². The molecule has 0 saturated carbocycles. The van der Waals surface area contributed by atoms with E-state index in [9.17, 15) is 5.26 Å². The van der Waals surface area contributed by atoms with Crippen LogP contribution >= 0.6 is 0 Å². The first-order valence-corrected chi connectivity index (χ1v) is 13.3. The summed E-state index contributed by atoms with van der Waals surface area (Å²) in [7, 11) is 0. The molecule has 2 unspecified atom stereocenters. The predicted octanol–water partition coefficient (Wildman–Crippen LogP) is 2.27. The number of benzene rings is 1. The number of anilines is 2. The Kier molecular flexibility index (Phi) is 6.63. The van der Waals surface area contributed by atoms with Gasteiger partial charge < -0.3 is 19.9 Å². The topological polar surface area (TPSA) is 93.4 Å². The second kappa shape index (κ2) is 10.2. The van der Waals surface area contributed by atoms with E-state index in [1.807, 2.05) is 19.1 Å². The third-order valence-electron chi connectivity index (χ3n) is 7.70. The SMILES string of the molecule is Cc1cnc2c(C#N)ccc(N3CC(C)OC(CN4CCN(c5cc6c(cn5)CCNC6)CC4)C3)c2n1. The molecule has 192 valence electrons. The number of ether oxygens (including phenoxy) is 1. The van der Waals surface area contributed by atoms with Crippen molar-refractivity contribution in [2.75, 3.05) is 62.2 Å². The third-order valence-corrected chi connectivity index (χ3v) is 7.70. The molecular formula is C28H34N8O. The number of aromatic nitrogens is 3. The third kappa shape index (κ3) is 4.97. The van der Waals surface area contributed by atoms with Crippen LogP contribution in [0.25, 0.3) is 11.0 Å². The number of nitriles is 1. The number of pyridine rings is 1. The highest BCUT2D eigenvalue weighted by molar-refractivity contribution is 5.92. The summed E-state index contributed by atoms with van der Waals surface area (Å²) < 4.78 is 6.39. The van der Waals surface area contributed by atoms with E-state index in [-0.39, 0.29) is 12.2 Å². The highest BCUT2D eigenvalue weighted by Gasteiger charge is 2.30. The lowest BCUT2D eigenvalue weighted by molar-refractivity contribution is -0.0327. The summed E-state index contributed by atoms with van der Waals surface area (Å²) in [4.78, 5) is 21.3. The van der Waals surface area contributed by atoms with Crippen molar-refractivity contribution in [3.05, 3.63) is 53.0 Å². The molecule has 0 radical (unpaired) electrons. The van der Waals surface area contributed by atoms with Gasteiger partial charge in [-0.1, -0.05) is 0 Å². The van der Waals surface area contributed by atoms with Crippen molar-refractivity contribution >= 4 is 22.5 Å². The molecule has 2 aromatic heterocycles. The van der Waals surface area contributed by atoms with Crippen molar-refractivity contribution in [1.82, 2.24) is 25.2 Å². The van der Waals surface area contributed by atoms with Crippen molar-refractivity contribution in [1.29, 1.82) is 5.26 Å². The lowest BCUT2D eigenvalue weighted by atomic mass is 10.0. The summed E-state index contributed by atoms with van der Waals surface area (Å²) >= 11 is 0. The van der Waals surface area contributed by atoms with Crippen LogP contribution in [0, 0.1) is 18.3 Å². The van der Waals surface area contributed by atoms with Gasteiger partial charge >= 0.3 is 0 Å². The standard InChI is InChI=1S/C28H34N8O/c1-19-13-32-27-21(12-29)3-4-25(28(27)33-19)36-16-20(2)37-24(18-36)17-34-7-9-35(10-8-34)26-11-23-14-30-6-5-22(23)15-31-26/h3-4,11,13,15,20,24,30H,5-10,14,16-18H2,1-2H3. The average Bonchev–Trinajstić information content (AvgIpc) is 2.92. The van der Waals surface area contributed by atoms with E-state index in [1.54, 1.807) is 6.20 Å². The van der Waals surface area contributed by atoms with Gasteiger partial charge in [0.15, 0.2) is 0 Å². The Labute approximate surface area is 218 Å². The van der Waals surface area contributed by atoms with Crippen molar-refractivity contribution in [2.24, 2.45) is 0 Å². The van der Waals surface area contributed by atoms with Crippen molar-refractivity contribution in [3.8, 4) is 6.07 Å². The fourth-order valence-electron chi connectivity index (χ4n) is 5.83. The number of nitrogens with zero attached hydrogens (tertiary/aromatic N) is 7. The fraction of sp³-hybridized carbons (Fsp3) is 0.500. The van der Waals surface area contributed by atoms with Crippen molar-refractivity contribution in [2.45, 2.75) is 39.0 Å². The van der Waals surface area contributed by atoms with Gasteiger partial charge in [-0.05, 0) is 56.1 Å². The molecule has 0 aliphatic carbocycles. The molecule has 3 aliphatic rings. The maximum absolute atomic E-state index is 9.55. The average molecular weight is 499 g/mol. The van der Waals surface area contributed by atoms with Crippen LogP contribution in [-0.4, -0.2) is 84.4 Å². The highest BCUT2D eigenvalue weighted by Crippen LogP contribution is 2.30. The van der Waals surface area contributed by atoms with Gasteiger partial charge in [0.1, 0.15) is 22.9 Å². The first-order valence-electron chi connectivity index (χ1n) is 13.3. The van der Waals surface area contributed by atoms with Gasteiger partial charge in [0, 0.05) is 64.8 Å². The van der Waals surface area contributed by atoms with Crippen LogP contribution in [-0.2, 0) is 17.7 Å². The molecule has 0 bridgehead atoms. The molecule has 1 aromatic carbocycles. The van der Waals surface area contributed by atoms with Crippen LogP contribution in [0.2, 0.25) is 0 Å². The molecule has 0 spiro atoms. The molecule has 5 heterocycles. The Morgan fingerprint density at radius 3 is 2.76 bits per heavy atom. The quantitative estimate of drug-likeness (QED) is 0.581. The maximum Gasteiger partial charge on any atom is 0.128 e. The van der Waals surface area contributed by atoms with Gasteiger partial charge in [-0.25, -0.2) is 9.97 Å². The first kappa shape index (κ1) is 24.0. The van der Waals surface area contributed by atoms with E-state index in [2.05, 4.69) is 50.3 Å². The van der Waals surface area contributed by atoms with Gasteiger partial charge in [-0.15, -0.1) is 0 Å². The second-order valence-corrected chi connectivity index (χ2v) is 10.5. The molecule has 9 nitrogen and oxygen atoms in total. The minimum atomic E-state index is 0.103. The molecule has 1 N–H and O–H groups in total. The van der Waals surface area contributed by atoms with Crippen molar-refractivity contribution < 1.29 is 4.74 Å². The van der Waals surface area contributed by atoms with Gasteiger partial charge in [-0.2, -0.15) is 5.26 Å². The van der Waals surface area contributed by atoms with Crippen molar-refractivity contribution in [3.63, 3.8) is 0 Å². The second-order valence-electron chi connectivity index (χ2n) is 10.5. The zero-order valence-corrected chi connectivity index (χ0v) is 21.7. The Hall–Kier alpha value is -3.32. The largest absolute Gasteiger partial charge is 0.370 e. The van der Waals surface area contributed by atoms with E-state index in [1.165, 1.54) is 11.1 Å². The van der Waals surface area contributed by atoms with Crippen LogP contribution in [0.15, 0.2) is 30.6 Å². The summed E-state index contributed by atoms with van der Waals surface area (Å²) in [5.41, 5.74) is 6.68. The van der Waals surface area contributed by atoms with Gasteiger partial charge in [0.2, 0.25) is 0 Å². The number of aryl methyl sites for hydroxylation is 1. The Morgan fingerprint density at radius 2 is 1.92 bits per heavy atom. The normalized spacial score (nSPS) is 22.6. The van der Waals surface area contributed by atoms with E-state index in [4.69, 9.17) is 14.7 Å². The number of morpholine rings is 1. The number of nitrogens with one attached hydrogen (secondary N) is 1. The molecule has 2 atom stereocenters. The minimum Gasteiger partial charge on any atom is -0.370 e. The molecule has 0 amide bonds. The summed E-state index contributed by atoms with van der Waals surface area (Å²) in [5.74, 6) is 1.10. The summed E-state index contributed by atoms with van der Waals surface area (Å²) in [6, 6.07) is 8.41. The Morgan fingerprint density at radius 1 is 1.05 bits per heavy atom. The summed E-state index contributed by atoms with van der Waals surface area (Å²) in [6.07, 6.45) is 5.08. The van der Waals surface area contributed by atoms with Crippen LogP contribution < -0.4 is 15.1 Å². The van der Waals surface area contributed by atoms with Gasteiger partial charge in [0.25, 0.3) is 0 Å². The lowest BCUT2D eigenvalue weighted by Crippen LogP contribution is -2.54. The number of fused-ring (bicyclic) bond motifs is 2. The van der Waals surface area contributed by atoms with E-state index in [0.717, 1.165) is 88.0 Å². The minimum absolute atomic E-state index is 0.103. The molecule has 3 aliphatic heterocycles. The van der Waals surface area contributed by atoms with Crippen LogP contribution in [0.3, 0.4) is 0 Å². The Balaban J connectivity index is 1.12. The zero-order chi connectivity index (χ0) is 25.4. The fourth-order valence-corrected chi connectivity index (χ4v) is 5.83. The predicted molar refractivity (Wildman–Crippen MR) is 144 cm³/mol. The summed E-state index contributed by atoms with van der Waals surface area (Å²) in [6.45, 7) is 12.5. The molecule has 3 aromatic rings. The number of piperazine rings is 1. The monoisotopic (exact) mass is 498 g/mol. The van der Waals surface area contributed by atoms with Gasteiger partial charge in [-0.3, -0.25) is 9.88 Å². The molecule has 2 saturated heterocycles. The van der Waals surface area contributed by atoms with Crippen LogP contribution in [0.1, 0.15) is 29.3 Å². The molecule has 6 rings (SSSR count). The maximum atomic E-state index is 9.55. The smallest absolute Gasteiger partial charge is 0.128 e. The summed E-state index contributed by atoms with van der Waals surface area (Å²) in [5, 5.41) is 13.0. The van der Waals surface area contributed by atoms with E-state index < -0.39 is 0 Å². The molecule has 2 fully saturated rings. The number of rotatable bonds is 4. The first-order chi connectivity index (χ1) is 18.1. The number of hydrogen-bond acceptors (Lipinski definition) is 9. The molecular weight excluding hydrogens is 464 g/mol. The van der Waals surface area contributed by atoms with Crippen LogP contribution in [0.4, 0.5) is 11.5 Å². The highest BCUT2D eigenvalue weighted by atomic mass is 16.5. The van der Waals surface area contributed by atoms with E-state index in [0.29, 0.717) is 11.1 Å². The molecule has 9 heteroatoms. The molecule has 37 heavy (non-hydrogen) atoms. The van der Waals surface area contributed by atoms with Crippen LogP contribution in [0.5, 0.6) is 0 Å². The number of hydrogen-bond donors (Lipinski definition) is 1. The lowest BCUT2D eigenvalue weighted by Gasteiger charge is -2.42. The Bertz CT molecular complexity index is 1330.